The van der Waals surface area contributed by atoms with E-state index in [1.165, 1.54) is 11.8 Å². The van der Waals surface area contributed by atoms with Gasteiger partial charge in [-0.2, -0.15) is 0 Å². The highest BCUT2D eigenvalue weighted by atomic mass is 79.9. The summed E-state index contributed by atoms with van der Waals surface area (Å²) in [6, 6.07) is 11.0. The van der Waals surface area contributed by atoms with Gasteiger partial charge < -0.3 is 14.6 Å². The molecule has 2 aromatic heterocycles. The maximum atomic E-state index is 12.1. The monoisotopic (exact) mass is 447 g/mol. The fourth-order valence-electron chi connectivity index (χ4n) is 2.32. The summed E-state index contributed by atoms with van der Waals surface area (Å²) in [6.07, 6.45) is 1.57. The highest BCUT2D eigenvalue weighted by Gasteiger charge is 2.10. The zero-order chi connectivity index (χ0) is 19.2. The van der Waals surface area contributed by atoms with E-state index in [4.69, 9.17) is 9.26 Å². The largest absolute Gasteiger partial charge is 0.439 e. The van der Waals surface area contributed by atoms with Crippen LogP contribution in [-0.2, 0) is 10.5 Å². The lowest BCUT2D eigenvalue weighted by molar-refractivity contribution is -0.113. The van der Waals surface area contributed by atoms with Gasteiger partial charge >= 0.3 is 0 Å². The van der Waals surface area contributed by atoms with Crippen LogP contribution in [0.3, 0.4) is 0 Å². The second kappa shape index (κ2) is 9.05. The summed E-state index contributed by atoms with van der Waals surface area (Å²) >= 11 is 4.91. The zero-order valence-corrected chi connectivity index (χ0v) is 17.3. The van der Waals surface area contributed by atoms with E-state index in [0.717, 1.165) is 21.5 Å². The number of nitrogens with one attached hydrogen (secondary N) is 1. The van der Waals surface area contributed by atoms with Crippen molar-refractivity contribution in [1.82, 2.24) is 10.1 Å². The van der Waals surface area contributed by atoms with Crippen molar-refractivity contribution in [3.63, 3.8) is 0 Å². The van der Waals surface area contributed by atoms with Crippen molar-refractivity contribution >= 4 is 39.3 Å². The lowest BCUT2D eigenvalue weighted by Crippen LogP contribution is -2.14. The van der Waals surface area contributed by atoms with Gasteiger partial charge in [0.15, 0.2) is 0 Å². The number of pyridine rings is 1. The minimum atomic E-state index is -0.0887. The maximum absolute atomic E-state index is 12.1. The first kappa shape index (κ1) is 19.4. The van der Waals surface area contributed by atoms with Gasteiger partial charge in [0.1, 0.15) is 11.5 Å². The summed E-state index contributed by atoms with van der Waals surface area (Å²) in [5.74, 6) is 2.87. The molecule has 2 heterocycles. The van der Waals surface area contributed by atoms with E-state index in [2.05, 4.69) is 31.4 Å². The highest BCUT2D eigenvalue weighted by molar-refractivity contribution is 9.10. The van der Waals surface area contributed by atoms with Crippen molar-refractivity contribution in [2.45, 2.75) is 19.6 Å². The molecule has 1 aromatic carbocycles. The molecule has 0 radical (unpaired) electrons. The minimum absolute atomic E-state index is 0.0887. The Hall–Kier alpha value is -2.32. The van der Waals surface area contributed by atoms with Crippen molar-refractivity contribution in [1.29, 1.82) is 0 Å². The van der Waals surface area contributed by atoms with Gasteiger partial charge in [0.25, 0.3) is 0 Å². The number of carbonyl (C=O) groups is 1. The molecule has 140 valence electrons. The van der Waals surface area contributed by atoms with Crippen LogP contribution in [0.25, 0.3) is 0 Å². The maximum Gasteiger partial charge on any atom is 0.234 e. The van der Waals surface area contributed by atoms with Crippen LogP contribution in [-0.4, -0.2) is 21.8 Å². The molecule has 0 atom stereocenters. The number of nitrogens with zero attached hydrogens (tertiary/aromatic N) is 2. The third-order valence-corrected chi connectivity index (χ3v) is 5.15. The number of carbonyl (C=O) groups excluding carboxylic acids is 1. The minimum Gasteiger partial charge on any atom is -0.439 e. The van der Waals surface area contributed by atoms with E-state index in [1.807, 2.05) is 38.1 Å². The molecule has 0 saturated carbocycles. The second-order valence-electron chi connectivity index (χ2n) is 5.79. The number of ether oxygens (including phenoxy) is 1. The van der Waals surface area contributed by atoms with Gasteiger partial charge in [-0.05, 0) is 38.1 Å². The molecule has 8 heteroatoms. The Kier molecular flexibility index (Phi) is 6.52. The van der Waals surface area contributed by atoms with E-state index in [9.17, 15) is 4.79 Å². The number of halogens is 1. The quantitative estimate of drug-likeness (QED) is 0.541. The summed E-state index contributed by atoms with van der Waals surface area (Å²) in [5, 5.41) is 6.74. The molecule has 6 nitrogen and oxygen atoms in total. The molecule has 27 heavy (non-hydrogen) atoms. The molecular weight excluding hydrogens is 430 g/mol. The first-order valence-electron chi connectivity index (χ1n) is 8.20. The van der Waals surface area contributed by atoms with Crippen LogP contribution < -0.4 is 10.1 Å². The SMILES string of the molecule is Cc1noc(C)c1CSCC(=O)Nc1ccc(Oc2cccc(Br)c2)nc1. The molecule has 1 amide bonds. The molecule has 0 fully saturated rings. The Bertz CT molecular complexity index is 909. The van der Waals surface area contributed by atoms with E-state index in [1.54, 1.807) is 18.3 Å². The van der Waals surface area contributed by atoms with Crippen LogP contribution in [0.5, 0.6) is 11.6 Å². The Morgan fingerprint density at radius 1 is 1.30 bits per heavy atom. The Balaban J connectivity index is 1.48. The van der Waals surface area contributed by atoms with Gasteiger partial charge in [-0.1, -0.05) is 27.2 Å². The standard InChI is InChI=1S/C19H18BrN3O3S/c1-12-17(13(2)26-23-12)10-27-11-18(24)22-15-6-7-19(21-9-15)25-16-5-3-4-14(20)8-16/h3-9H,10-11H2,1-2H3,(H,22,24). The molecule has 0 spiro atoms. The topological polar surface area (TPSA) is 77.2 Å². The number of amides is 1. The molecule has 0 aliphatic heterocycles. The van der Waals surface area contributed by atoms with Crippen molar-refractivity contribution in [2.75, 3.05) is 11.1 Å². The number of benzene rings is 1. The van der Waals surface area contributed by atoms with Crippen LogP contribution in [0.4, 0.5) is 5.69 Å². The fraction of sp³-hybridized carbons (Fsp3) is 0.211. The molecule has 0 saturated heterocycles. The Morgan fingerprint density at radius 2 is 2.15 bits per heavy atom. The summed E-state index contributed by atoms with van der Waals surface area (Å²) < 4.78 is 11.7. The number of aromatic nitrogens is 2. The van der Waals surface area contributed by atoms with Gasteiger partial charge in [-0.25, -0.2) is 4.98 Å². The van der Waals surface area contributed by atoms with Crippen molar-refractivity contribution < 1.29 is 14.1 Å². The number of aryl methyl sites for hydroxylation is 2. The van der Waals surface area contributed by atoms with Crippen LogP contribution in [0.1, 0.15) is 17.0 Å². The first-order valence-corrected chi connectivity index (χ1v) is 10.1. The van der Waals surface area contributed by atoms with E-state index < -0.39 is 0 Å². The average molecular weight is 448 g/mol. The van der Waals surface area contributed by atoms with Crippen LogP contribution >= 0.6 is 27.7 Å². The summed E-state index contributed by atoms with van der Waals surface area (Å²) in [7, 11) is 0. The molecule has 0 unspecified atom stereocenters. The highest BCUT2D eigenvalue weighted by Crippen LogP contribution is 2.24. The van der Waals surface area contributed by atoms with Gasteiger partial charge in [0, 0.05) is 21.9 Å². The van der Waals surface area contributed by atoms with Crippen molar-refractivity contribution in [2.24, 2.45) is 0 Å². The molecule has 1 N–H and O–H groups in total. The molecule has 0 bridgehead atoms. The van der Waals surface area contributed by atoms with Crippen LogP contribution in [0.15, 0.2) is 51.6 Å². The molecule has 0 aliphatic rings. The van der Waals surface area contributed by atoms with Gasteiger partial charge in [-0.15, -0.1) is 11.8 Å². The number of anilines is 1. The van der Waals surface area contributed by atoms with Gasteiger partial charge in [-0.3, -0.25) is 4.79 Å². The van der Waals surface area contributed by atoms with E-state index in [-0.39, 0.29) is 5.91 Å². The van der Waals surface area contributed by atoms with E-state index in [0.29, 0.717) is 28.8 Å². The molecule has 3 rings (SSSR count). The smallest absolute Gasteiger partial charge is 0.234 e. The molecule has 0 aliphatic carbocycles. The predicted molar refractivity (Wildman–Crippen MR) is 109 cm³/mol. The lowest BCUT2D eigenvalue weighted by Gasteiger charge is -2.07. The van der Waals surface area contributed by atoms with Crippen molar-refractivity contribution in [3.05, 3.63) is 64.1 Å². The average Bonchev–Trinajstić information content (AvgIpc) is 2.95. The Labute approximate surface area is 169 Å². The first-order chi connectivity index (χ1) is 13.0. The second-order valence-corrected chi connectivity index (χ2v) is 7.69. The zero-order valence-electron chi connectivity index (χ0n) is 14.9. The fourth-order valence-corrected chi connectivity index (χ4v) is 3.67. The van der Waals surface area contributed by atoms with Crippen molar-refractivity contribution in [3.8, 4) is 11.6 Å². The normalized spacial score (nSPS) is 10.6. The Morgan fingerprint density at radius 3 is 2.81 bits per heavy atom. The number of rotatable bonds is 7. The third-order valence-electron chi connectivity index (χ3n) is 3.70. The number of hydrogen-bond acceptors (Lipinski definition) is 6. The third kappa shape index (κ3) is 5.58. The van der Waals surface area contributed by atoms with Gasteiger partial charge in [0.05, 0.1) is 23.3 Å². The van der Waals surface area contributed by atoms with Crippen LogP contribution in [0, 0.1) is 13.8 Å². The number of hydrogen-bond donors (Lipinski definition) is 1. The summed E-state index contributed by atoms with van der Waals surface area (Å²) in [4.78, 5) is 16.3. The summed E-state index contributed by atoms with van der Waals surface area (Å²) in [5.41, 5.74) is 2.54. The predicted octanol–water partition coefficient (Wildman–Crippen LogP) is 5.11. The summed E-state index contributed by atoms with van der Waals surface area (Å²) in [6.45, 7) is 3.77. The lowest BCUT2D eigenvalue weighted by atomic mass is 10.2. The molecule has 3 aromatic rings. The van der Waals surface area contributed by atoms with E-state index >= 15 is 0 Å². The van der Waals surface area contributed by atoms with Crippen LogP contribution in [0.2, 0.25) is 0 Å². The number of thioether (sulfide) groups is 1. The van der Waals surface area contributed by atoms with Gasteiger partial charge in [0.2, 0.25) is 11.8 Å². The molecular formula is C19H18BrN3O3S.